The van der Waals surface area contributed by atoms with E-state index >= 15 is 0 Å². The predicted octanol–water partition coefficient (Wildman–Crippen LogP) is -4.09. The van der Waals surface area contributed by atoms with Crippen molar-refractivity contribution in [2.45, 2.75) is 60.9 Å². The molecule has 0 aromatic carbocycles. The Labute approximate surface area is 155 Å². The fraction of sp³-hybridized carbons (Fsp3) is 1.00. The summed E-state index contributed by atoms with van der Waals surface area (Å²) in [6.45, 7) is -0.973. The highest BCUT2D eigenvalue weighted by atomic mass is 16.8. The second-order valence-electron chi connectivity index (χ2n) is 7.56. The van der Waals surface area contributed by atoms with E-state index in [-0.39, 0.29) is 13.2 Å². The molecule has 27 heavy (non-hydrogen) atoms. The fourth-order valence-electron chi connectivity index (χ4n) is 4.78. The molecule has 0 radical (unpaired) electrons. The number of methoxy groups -OCH3 is 1. The van der Waals surface area contributed by atoms with Crippen molar-refractivity contribution in [1.29, 1.82) is 0 Å². The second-order valence-corrected chi connectivity index (χ2v) is 7.56. The van der Waals surface area contributed by atoms with Crippen LogP contribution < -0.4 is 0 Å². The van der Waals surface area contributed by atoms with Crippen molar-refractivity contribution in [3.05, 3.63) is 0 Å². The number of fused-ring (bicyclic) bond motifs is 3. The largest absolute Gasteiger partial charge is 0.394 e. The Morgan fingerprint density at radius 1 is 1.04 bits per heavy atom. The third-order valence-corrected chi connectivity index (χ3v) is 6.23. The van der Waals surface area contributed by atoms with Gasteiger partial charge < -0.3 is 54.3 Å². The molecule has 0 bridgehead atoms. The SMILES string of the molecule is CO[C@H]1[C@@H]2C(O)CO[C@@H](O[C@@H]3O[C@H](CO)[C@@H](O)[C@H](O)[C@H]3O)[C@@H]2[C@@]2(CO)O[C@@H]12. The Morgan fingerprint density at radius 2 is 1.78 bits per heavy atom. The van der Waals surface area contributed by atoms with Crippen LogP contribution >= 0.6 is 0 Å². The standard InChI is InChI=1S/C16H26O11/c1-23-12-7-5(19)3-24-14(8(7)16(4-18)13(12)27-16)26-15-11(22)10(21)9(20)6(2-17)25-15/h5-15,17-22H,2-4H2,1H3/t5?,6-,7-,8-,9-,10+,11-,12+,13+,14+,15+,16-/m1/s1. The summed E-state index contributed by atoms with van der Waals surface area (Å²) >= 11 is 0. The molecular formula is C16H26O11. The first-order chi connectivity index (χ1) is 12.9. The molecule has 1 aliphatic carbocycles. The zero-order valence-electron chi connectivity index (χ0n) is 14.7. The zero-order chi connectivity index (χ0) is 19.5. The maximum Gasteiger partial charge on any atom is 0.189 e. The molecule has 11 nitrogen and oxygen atoms in total. The molecule has 0 aromatic heterocycles. The van der Waals surface area contributed by atoms with Crippen LogP contribution in [0, 0.1) is 11.8 Å². The van der Waals surface area contributed by atoms with Crippen molar-refractivity contribution in [2.75, 3.05) is 26.9 Å². The molecular weight excluding hydrogens is 368 g/mol. The molecule has 4 aliphatic rings. The number of hydrogen-bond donors (Lipinski definition) is 6. The van der Waals surface area contributed by atoms with Crippen molar-refractivity contribution >= 4 is 0 Å². The van der Waals surface area contributed by atoms with Gasteiger partial charge in [0, 0.05) is 13.0 Å². The number of aliphatic hydroxyl groups excluding tert-OH is 6. The first-order valence-electron chi connectivity index (χ1n) is 8.96. The third-order valence-electron chi connectivity index (χ3n) is 6.23. The Hall–Kier alpha value is -0.440. The van der Waals surface area contributed by atoms with Crippen LogP contribution in [-0.4, -0.2) is 118 Å². The molecule has 6 N–H and O–H groups in total. The number of rotatable bonds is 5. The highest BCUT2D eigenvalue weighted by molar-refractivity contribution is 5.22. The Morgan fingerprint density at radius 3 is 2.41 bits per heavy atom. The summed E-state index contributed by atoms with van der Waals surface area (Å²) in [4.78, 5) is 0. The van der Waals surface area contributed by atoms with Crippen LogP contribution in [0.5, 0.6) is 0 Å². The normalized spacial score (nSPS) is 57.2. The van der Waals surface area contributed by atoms with Crippen molar-refractivity contribution in [1.82, 2.24) is 0 Å². The zero-order valence-corrected chi connectivity index (χ0v) is 14.7. The average Bonchev–Trinajstić information content (AvgIpc) is 3.33. The third kappa shape index (κ3) is 2.85. The minimum Gasteiger partial charge on any atom is -0.394 e. The van der Waals surface area contributed by atoms with Gasteiger partial charge in [-0.25, -0.2) is 0 Å². The lowest BCUT2D eigenvalue weighted by Crippen LogP contribution is -2.61. The minimum absolute atomic E-state index is 0.0582. The lowest BCUT2D eigenvalue weighted by molar-refractivity contribution is -0.362. The van der Waals surface area contributed by atoms with Gasteiger partial charge in [0.25, 0.3) is 0 Å². The molecule has 0 aromatic rings. The van der Waals surface area contributed by atoms with Crippen LogP contribution in [0.4, 0.5) is 0 Å². The van der Waals surface area contributed by atoms with Gasteiger partial charge in [-0.3, -0.25) is 0 Å². The van der Waals surface area contributed by atoms with E-state index in [1.165, 1.54) is 7.11 Å². The molecule has 156 valence electrons. The van der Waals surface area contributed by atoms with Gasteiger partial charge in [0.2, 0.25) is 0 Å². The average molecular weight is 394 g/mol. The van der Waals surface area contributed by atoms with E-state index in [2.05, 4.69) is 0 Å². The van der Waals surface area contributed by atoms with Gasteiger partial charge in [-0.15, -0.1) is 0 Å². The Kier molecular flexibility index (Phi) is 5.23. The molecule has 3 aliphatic heterocycles. The summed E-state index contributed by atoms with van der Waals surface area (Å²) in [5.41, 5.74) is -0.995. The molecule has 11 heteroatoms. The van der Waals surface area contributed by atoms with E-state index in [0.29, 0.717) is 0 Å². The van der Waals surface area contributed by atoms with E-state index in [1.54, 1.807) is 0 Å². The van der Waals surface area contributed by atoms with Crippen molar-refractivity contribution in [2.24, 2.45) is 11.8 Å². The molecule has 3 heterocycles. The Balaban J connectivity index is 1.55. The van der Waals surface area contributed by atoms with Crippen LogP contribution in [0.2, 0.25) is 0 Å². The molecule has 1 saturated carbocycles. The molecule has 4 fully saturated rings. The summed E-state index contributed by atoms with van der Waals surface area (Å²) in [7, 11) is 1.49. The number of aliphatic hydroxyl groups is 6. The van der Waals surface area contributed by atoms with Crippen LogP contribution in [0.25, 0.3) is 0 Å². The number of ether oxygens (including phenoxy) is 5. The van der Waals surface area contributed by atoms with Crippen molar-refractivity contribution < 1.29 is 54.3 Å². The molecule has 0 amide bonds. The topological polar surface area (TPSA) is 171 Å². The van der Waals surface area contributed by atoms with E-state index in [0.717, 1.165) is 0 Å². The molecule has 1 unspecified atom stereocenters. The van der Waals surface area contributed by atoms with Gasteiger partial charge in [0.05, 0.1) is 37.9 Å². The monoisotopic (exact) mass is 394 g/mol. The van der Waals surface area contributed by atoms with Gasteiger partial charge in [-0.05, 0) is 0 Å². The van der Waals surface area contributed by atoms with E-state index < -0.39 is 79.4 Å². The highest BCUT2D eigenvalue weighted by Gasteiger charge is 2.77. The molecule has 0 spiro atoms. The van der Waals surface area contributed by atoms with Crippen molar-refractivity contribution in [3.63, 3.8) is 0 Å². The van der Waals surface area contributed by atoms with Crippen LogP contribution in [0.1, 0.15) is 0 Å². The number of epoxide rings is 1. The van der Waals surface area contributed by atoms with E-state index in [1.807, 2.05) is 0 Å². The molecule has 4 rings (SSSR count). The maximum absolute atomic E-state index is 10.4. The summed E-state index contributed by atoms with van der Waals surface area (Å²) < 4.78 is 27.8. The van der Waals surface area contributed by atoms with Crippen molar-refractivity contribution in [3.8, 4) is 0 Å². The maximum atomic E-state index is 10.4. The fourth-order valence-corrected chi connectivity index (χ4v) is 4.78. The lowest BCUT2D eigenvalue weighted by atomic mass is 9.81. The first-order valence-corrected chi connectivity index (χ1v) is 8.96. The van der Waals surface area contributed by atoms with Crippen LogP contribution in [0.15, 0.2) is 0 Å². The number of hydrogen-bond acceptors (Lipinski definition) is 11. The van der Waals surface area contributed by atoms with Crippen LogP contribution in [0.3, 0.4) is 0 Å². The molecule has 12 atom stereocenters. The summed E-state index contributed by atoms with van der Waals surface area (Å²) in [6.07, 6.45) is -9.94. The van der Waals surface area contributed by atoms with E-state index in [4.69, 9.17) is 23.7 Å². The quantitative estimate of drug-likeness (QED) is 0.251. The van der Waals surface area contributed by atoms with Gasteiger partial charge in [0.15, 0.2) is 12.6 Å². The van der Waals surface area contributed by atoms with Gasteiger partial charge in [0.1, 0.15) is 36.1 Å². The summed E-state index contributed by atoms with van der Waals surface area (Å²) in [5, 5.41) is 59.5. The predicted molar refractivity (Wildman–Crippen MR) is 83.1 cm³/mol. The van der Waals surface area contributed by atoms with Gasteiger partial charge in [-0.1, -0.05) is 0 Å². The van der Waals surface area contributed by atoms with Gasteiger partial charge in [-0.2, -0.15) is 0 Å². The lowest BCUT2D eigenvalue weighted by Gasteiger charge is -2.45. The first kappa shape index (κ1) is 19.9. The highest BCUT2D eigenvalue weighted by Crippen LogP contribution is 2.61. The van der Waals surface area contributed by atoms with E-state index in [9.17, 15) is 30.6 Å². The molecule has 3 saturated heterocycles. The summed E-state index contributed by atoms with van der Waals surface area (Å²) in [6, 6.07) is 0. The van der Waals surface area contributed by atoms with Gasteiger partial charge >= 0.3 is 0 Å². The summed E-state index contributed by atoms with van der Waals surface area (Å²) in [5.74, 6) is -1.03. The smallest absolute Gasteiger partial charge is 0.189 e. The minimum atomic E-state index is -1.59. The second kappa shape index (κ2) is 7.11. The Bertz CT molecular complexity index is 546. The van der Waals surface area contributed by atoms with Crippen LogP contribution in [-0.2, 0) is 23.7 Å².